The molecule has 1 aromatic carbocycles. The Labute approximate surface area is 130 Å². The van der Waals surface area contributed by atoms with E-state index in [9.17, 15) is 4.79 Å². The highest BCUT2D eigenvalue weighted by atomic mass is 79.9. The monoisotopic (exact) mass is 343 g/mol. The molecule has 0 unspecified atom stereocenters. The summed E-state index contributed by atoms with van der Waals surface area (Å²) >= 11 is 3.56. The first kappa shape index (κ1) is 13.8. The normalized spacial score (nSPS) is 10.8. The number of hydrogen-bond donors (Lipinski definition) is 1. The Bertz CT molecular complexity index is 858. The first-order valence-corrected chi connectivity index (χ1v) is 7.41. The van der Waals surface area contributed by atoms with Crippen molar-refractivity contribution in [3.63, 3.8) is 0 Å². The predicted octanol–water partition coefficient (Wildman–Crippen LogP) is 3.38. The van der Waals surface area contributed by atoms with Crippen molar-refractivity contribution in [3.05, 3.63) is 74.7 Å². The van der Waals surface area contributed by atoms with Crippen LogP contribution in [0.25, 0.3) is 5.65 Å². The van der Waals surface area contributed by atoms with Crippen molar-refractivity contribution in [2.75, 3.05) is 5.32 Å². The molecule has 1 N–H and O–H groups in total. The van der Waals surface area contributed by atoms with Gasteiger partial charge < -0.3 is 5.32 Å². The van der Waals surface area contributed by atoms with E-state index in [-0.39, 0.29) is 5.56 Å². The van der Waals surface area contributed by atoms with Crippen molar-refractivity contribution in [3.8, 4) is 0 Å². The number of benzene rings is 1. The summed E-state index contributed by atoms with van der Waals surface area (Å²) in [6.07, 6.45) is 1.72. The van der Waals surface area contributed by atoms with Crippen LogP contribution >= 0.6 is 15.9 Å². The Hall–Kier alpha value is -2.14. The number of fused-ring (bicyclic) bond motifs is 1. The van der Waals surface area contributed by atoms with E-state index >= 15 is 0 Å². The molecular weight excluding hydrogens is 330 g/mol. The van der Waals surface area contributed by atoms with Gasteiger partial charge in [0.15, 0.2) is 0 Å². The van der Waals surface area contributed by atoms with Gasteiger partial charge in [-0.15, -0.1) is 0 Å². The van der Waals surface area contributed by atoms with Crippen LogP contribution in [0.15, 0.2) is 57.9 Å². The minimum atomic E-state index is -0.0688. The zero-order valence-corrected chi connectivity index (χ0v) is 13.1. The van der Waals surface area contributed by atoms with E-state index in [1.807, 2.05) is 43.3 Å². The van der Waals surface area contributed by atoms with Crippen LogP contribution in [-0.2, 0) is 6.54 Å². The Balaban J connectivity index is 1.89. The molecular formula is C16H14BrN3O. The van der Waals surface area contributed by atoms with Gasteiger partial charge in [-0.2, -0.15) is 0 Å². The highest BCUT2D eigenvalue weighted by Crippen LogP contribution is 2.25. The maximum Gasteiger partial charge on any atom is 0.258 e. The van der Waals surface area contributed by atoms with E-state index in [2.05, 4.69) is 26.2 Å². The molecule has 0 aliphatic rings. The van der Waals surface area contributed by atoms with Crippen molar-refractivity contribution in [1.82, 2.24) is 9.38 Å². The first-order valence-electron chi connectivity index (χ1n) is 6.61. The van der Waals surface area contributed by atoms with Gasteiger partial charge >= 0.3 is 0 Å². The number of hydrogen-bond acceptors (Lipinski definition) is 3. The summed E-state index contributed by atoms with van der Waals surface area (Å²) in [5, 5.41) is 3.30. The molecule has 2 heterocycles. The maximum absolute atomic E-state index is 12.0. The van der Waals surface area contributed by atoms with E-state index in [0.717, 1.165) is 21.4 Å². The van der Waals surface area contributed by atoms with Crippen LogP contribution in [0.4, 0.5) is 5.69 Å². The summed E-state index contributed by atoms with van der Waals surface area (Å²) in [6.45, 7) is 2.54. The molecule has 0 saturated heterocycles. The summed E-state index contributed by atoms with van der Waals surface area (Å²) in [5.41, 5.74) is 3.46. The second-order valence-corrected chi connectivity index (χ2v) is 5.60. The molecule has 0 aliphatic carbocycles. The third kappa shape index (κ3) is 2.83. The zero-order chi connectivity index (χ0) is 14.8. The number of aromatic nitrogens is 2. The van der Waals surface area contributed by atoms with Crippen LogP contribution < -0.4 is 10.9 Å². The lowest BCUT2D eigenvalue weighted by molar-refractivity contribution is 0.970. The van der Waals surface area contributed by atoms with Crippen molar-refractivity contribution >= 4 is 27.3 Å². The Morgan fingerprint density at radius 2 is 2.10 bits per heavy atom. The molecule has 3 aromatic rings. The molecule has 21 heavy (non-hydrogen) atoms. The molecule has 4 nitrogen and oxygen atoms in total. The van der Waals surface area contributed by atoms with Crippen LogP contribution in [0.2, 0.25) is 0 Å². The lowest BCUT2D eigenvalue weighted by atomic mass is 10.2. The van der Waals surface area contributed by atoms with Gasteiger partial charge in [0.05, 0.1) is 12.2 Å². The highest BCUT2D eigenvalue weighted by Gasteiger charge is 2.04. The van der Waals surface area contributed by atoms with E-state index in [0.29, 0.717) is 12.2 Å². The van der Waals surface area contributed by atoms with Gasteiger partial charge in [0.25, 0.3) is 5.56 Å². The Morgan fingerprint density at radius 3 is 2.95 bits per heavy atom. The van der Waals surface area contributed by atoms with Crippen LogP contribution in [0.1, 0.15) is 11.3 Å². The predicted molar refractivity (Wildman–Crippen MR) is 87.7 cm³/mol. The topological polar surface area (TPSA) is 46.4 Å². The molecule has 0 aliphatic heterocycles. The highest BCUT2D eigenvalue weighted by molar-refractivity contribution is 9.10. The van der Waals surface area contributed by atoms with Crippen LogP contribution in [0.5, 0.6) is 0 Å². The standard InChI is InChI=1S/C16H14BrN3O/c1-11-5-4-6-13(16(11)17)18-10-12-9-15(21)20-8-3-2-7-14(20)19-12/h2-9,18H,10H2,1H3. The number of aryl methyl sites for hydroxylation is 1. The summed E-state index contributed by atoms with van der Waals surface area (Å²) in [4.78, 5) is 16.5. The van der Waals surface area contributed by atoms with E-state index in [1.54, 1.807) is 12.3 Å². The molecule has 0 atom stereocenters. The fraction of sp³-hybridized carbons (Fsp3) is 0.125. The van der Waals surface area contributed by atoms with Crippen LogP contribution in [0.3, 0.4) is 0 Å². The third-order valence-corrected chi connectivity index (χ3v) is 4.33. The minimum absolute atomic E-state index is 0.0688. The van der Waals surface area contributed by atoms with Crippen molar-refractivity contribution < 1.29 is 0 Å². The van der Waals surface area contributed by atoms with Crippen molar-refractivity contribution in [2.24, 2.45) is 0 Å². The largest absolute Gasteiger partial charge is 0.378 e. The molecule has 5 heteroatoms. The van der Waals surface area contributed by atoms with Gasteiger partial charge in [0, 0.05) is 22.4 Å². The molecule has 0 saturated carbocycles. The number of rotatable bonds is 3. The Morgan fingerprint density at radius 1 is 1.24 bits per heavy atom. The van der Waals surface area contributed by atoms with Gasteiger partial charge in [-0.3, -0.25) is 9.20 Å². The van der Waals surface area contributed by atoms with E-state index < -0.39 is 0 Å². The Kier molecular flexibility index (Phi) is 3.75. The average Bonchev–Trinajstić information content (AvgIpc) is 2.49. The number of anilines is 1. The van der Waals surface area contributed by atoms with Gasteiger partial charge in [0.1, 0.15) is 5.65 Å². The van der Waals surface area contributed by atoms with Crippen molar-refractivity contribution in [2.45, 2.75) is 13.5 Å². The second kappa shape index (κ2) is 5.69. The lowest BCUT2D eigenvalue weighted by Crippen LogP contribution is -2.16. The van der Waals surface area contributed by atoms with Crippen molar-refractivity contribution in [1.29, 1.82) is 0 Å². The summed E-state index contributed by atoms with van der Waals surface area (Å²) in [6, 6.07) is 13.1. The molecule has 0 radical (unpaired) electrons. The number of pyridine rings is 1. The van der Waals surface area contributed by atoms with Crippen LogP contribution in [0, 0.1) is 6.92 Å². The maximum atomic E-state index is 12.0. The first-order chi connectivity index (χ1) is 10.1. The fourth-order valence-electron chi connectivity index (χ4n) is 2.16. The summed E-state index contributed by atoms with van der Waals surface area (Å²) in [5.74, 6) is 0. The smallest absolute Gasteiger partial charge is 0.258 e. The molecule has 3 rings (SSSR count). The number of nitrogens with zero attached hydrogens (tertiary/aromatic N) is 2. The molecule has 0 spiro atoms. The SMILES string of the molecule is Cc1cccc(NCc2cc(=O)n3ccccc3n2)c1Br. The average molecular weight is 344 g/mol. The zero-order valence-electron chi connectivity index (χ0n) is 11.5. The van der Waals surface area contributed by atoms with Gasteiger partial charge in [0.2, 0.25) is 0 Å². The fourth-order valence-corrected chi connectivity index (χ4v) is 2.57. The van der Waals surface area contributed by atoms with E-state index in [1.165, 1.54) is 4.40 Å². The minimum Gasteiger partial charge on any atom is -0.378 e. The second-order valence-electron chi connectivity index (χ2n) is 4.80. The van der Waals surface area contributed by atoms with E-state index in [4.69, 9.17) is 0 Å². The number of nitrogens with one attached hydrogen (secondary N) is 1. The molecule has 2 aromatic heterocycles. The summed E-state index contributed by atoms with van der Waals surface area (Å²) < 4.78 is 2.56. The van der Waals surface area contributed by atoms with Gasteiger partial charge in [-0.05, 0) is 46.6 Å². The quantitative estimate of drug-likeness (QED) is 0.792. The third-order valence-electron chi connectivity index (χ3n) is 3.28. The molecule has 106 valence electrons. The molecule has 0 fully saturated rings. The van der Waals surface area contributed by atoms with Gasteiger partial charge in [-0.1, -0.05) is 18.2 Å². The van der Waals surface area contributed by atoms with Gasteiger partial charge in [-0.25, -0.2) is 4.98 Å². The molecule has 0 bridgehead atoms. The number of halogens is 1. The molecule has 0 amide bonds. The lowest BCUT2D eigenvalue weighted by Gasteiger charge is -2.10. The summed E-state index contributed by atoms with van der Waals surface area (Å²) in [7, 11) is 0. The van der Waals surface area contributed by atoms with Crippen LogP contribution in [-0.4, -0.2) is 9.38 Å².